The maximum atomic E-state index is 4.25. The molecule has 3 rings (SSSR count). The maximum absolute atomic E-state index is 4.25. The molecule has 1 aromatic carbocycles. The molecule has 0 radical (unpaired) electrons. The Labute approximate surface area is 114 Å². The highest BCUT2D eigenvalue weighted by Gasteiger charge is 2.09. The van der Waals surface area contributed by atoms with Gasteiger partial charge in [-0.2, -0.15) is 0 Å². The quantitative estimate of drug-likeness (QED) is 0.906. The van der Waals surface area contributed by atoms with Crippen LogP contribution in [-0.2, 0) is 6.54 Å². The highest BCUT2D eigenvalue weighted by atomic mass is 15.2. The van der Waals surface area contributed by atoms with Crippen molar-refractivity contribution in [1.82, 2.24) is 14.9 Å². The molecule has 0 saturated carbocycles. The van der Waals surface area contributed by atoms with Crippen LogP contribution in [-0.4, -0.2) is 35.7 Å². The summed E-state index contributed by atoms with van der Waals surface area (Å²) in [5.41, 5.74) is 2.65. The van der Waals surface area contributed by atoms with E-state index in [-0.39, 0.29) is 0 Å². The third-order valence-corrected chi connectivity index (χ3v) is 3.70. The number of aryl methyl sites for hydroxylation is 1. The van der Waals surface area contributed by atoms with Crippen molar-refractivity contribution in [2.45, 2.75) is 13.5 Å². The summed E-state index contributed by atoms with van der Waals surface area (Å²) in [6.45, 7) is 7.29. The normalized spacial score (nSPS) is 15.7. The molecule has 1 N–H and O–H groups in total. The van der Waals surface area contributed by atoms with Crippen LogP contribution in [0.3, 0.4) is 0 Å². The molecule has 19 heavy (non-hydrogen) atoms. The number of hydrogen-bond acceptors (Lipinski definition) is 3. The molecule has 1 aliphatic heterocycles. The van der Waals surface area contributed by atoms with Gasteiger partial charge in [0.15, 0.2) is 0 Å². The number of aromatic nitrogens is 2. The Bertz CT molecular complexity index is 523. The molecule has 1 fully saturated rings. The second-order valence-electron chi connectivity index (χ2n) is 5.01. The number of rotatable bonds is 3. The average molecular weight is 256 g/mol. The minimum atomic E-state index is 0.896. The van der Waals surface area contributed by atoms with Gasteiger partial charge in [-0.25, -0.2) is 4.98 Å². The van der Waals surface area contributed by atoms with E-state index in [1.54, 1.807) is 0 Å². The van der Waals surface area contributed by atoms with Gasteiger partial charge in [0.1, 0.15) is 5.82 Å². The van der Waals surface area contributed by atoms with Gasteiger partial charge in [0, 0.05) is 50.8 Å². The summed E-state index contributed by atoms with van der Waals surface area (Å²) >= 11 is 0. The van der Waals surface area contributed by atoms with E-state index in [9.17, 15) is 0 Å². The fourth-order valence-electron chi connectivity index (χ4n) is 2.50. The van der Waals surface area contributed by atoms with E-state index in [0.29, 0.717) is 0 Å². The summed E-state index contributed by atoms with van der Waals surface area (Å²) in [7, 11) is 0. The average Bonchev–Trinajstić information content (AvgIpc) is 2.86. The Hall–Kier alpha value is -1.81. The monoisotopic (exact) mass is 256 g/mol. The van der Waals surface area contributed by atoms with Gasteiger partial charge in [-0.05, 0) is 24.6 Å². The molecule has 1 aliphatic rings. The van der Waals surface area contributed by atoms with Crippen LogP contribution in [0.4, 0.5) is 5.69 Å². The van der Waals surface area contributed by atoms with E-state index >= 15 is 0 Å². The van der Waals surface area contributed by atoms with Crippen LogP contribution in [0.1, 0.15) is 11.4 Å². The molecule has 4 nitrogen and oxygen atoms in total. The molecule has 0 unspecified atom stereocenters. The molecule has 100 valence electrons. The first-order valence-electron chi connectivity index (χ1n) is 6.85. The van der Waals surface area contributed by atoms with E-state index in [2.05, 4.69) is 44.0 Å². The largest absolute Gasteiger partial charge is 0.369 e. The number of imidazole rings is 1. The summed E-state index contributed by atoms with van der Waals surface area (Å²) in [4.78, 5) is 6.68. The molecule has 0 spiro atoms. The van der Waals surface area contributed by atoms with Gasteiger partial charge in [-0.3, -0.25) is 0 Å². The first-order valence-corrected chi connectivity index (χ1v) is 6.85. The number of piperazine rings is 1. The molecular formula is C15H20N4. The molecule has 0 aliphatic carbocycles. The highest BCUT2D eigenvalue weighted by molar-refractivity contribution is 5.48. The lowest BCUT2D eigenvalue weighted by Crippen LogP contribution is -2.43. The van der Waals surface area contributed by atoms with E-state index in [0.717, 1.165) is 38.5 Å². The predicted molar refractivity (Wildman–Crippen MR) is 77.6 cm³/mol. The van der Waals surface area contributed by atoms with E-state index in [4.69, 9.17) is 0 Å². The van der Waals surface area contributed by atoms with Crippen LogP contribution in [0.15, 0.2) is 36.7 Å². The maximum Gasteiger partial charge on any atom is 0.105 e. The summed E-state index contributed by atoms with van der Waals surface area (Å²) in [6, 6.07) is 8.90. The minimum absolute atomic E-state index is 0.896. The topological polar surface area (TPSA) is 33.1 Å². The van der Waals surface area contributed by atoms with Gasteiger partial charge in [0.05, 0.1) is 0 Å². The molecule has 0 amide bonds. The first-order chi connectivity index (χ1) is 9.33. The van der Waals surface area contributed by atoms with Crippen LogP contribution in [0, 0.1) is 6.92 Å². The Morgan fingerprint density at radius 1 is 1.16 bits per heavy atom. The lowest BCUT2D eigenvalue weighted by molar-refractivity contribution is 0.589. The second kappa shape index (κ2) is 5.45. The predicted octanol–water partition coefficient (Wildman–Crippen LogP) is 1.65. The zero-order chi connectivity index (χ0) is 13.1. The lowest BCUT2D eigenvalue weighted by atomic mass is 10.2. The summed E-state index contributed by atoms with van der Waals surface area (Å²) in [6.07, 6.45) is 3.88. The van der Waals surface area contributed by atoms with Gasteiger partial charge >= 0.3 is 0 Å². The molecule has 0 atom stereocenters. The Morgan fingerprint density at radius 3 is 2.53 bits per heavy atom. The van der Waals surface area contributed by atoms with Crippen LogP contribution < -0.4 is 10.2 Å². The van der Waals surface area contributed by atoms with Gasteiger partial charge in [-0.15, -0.1) is 0 Å². The lowest BCUT2D eigenvalue weighted by Gasteiger charge is -2.29. The van der Waals surface area contributed by atoms with E-state index < -0.39 is 0 Å². The molecular weight excluding hydrogens is 236 g/mol. The van der Waals surface area contributed by atoms with Crippen LogP contribution >= 0.6 is 0 Å². The number of nitrogens with zero attached hydrogens (tertiary/aromatic N) is 3. The van der Waals surface area contributed by atoms with Crippen molar-refractivity contribution in [3.05, 3.63) is 48.0 Å². The first kappa shape index (κ1) is 12.2. The van der Waals surface area contributed by atoms with Crippen molar-refractivity contribution in [3.8, 4) is 0 Å². The number of anilines is 1. The molecule has 0 bridgehead atoms. The van der Waals surface area contributed by atoms with Crippen molar-refractivity contribution >= 4 is 5.69 Å². The van der Waals surface area contributed by atoms with Crippen molar-refractivity contribution in [3.63, 3.8) is 0 Å². The molecule has 1 saturated heterocycles. The summed E-state index contributed by atoms with van der Waals surface area (Å²) < 4.78 is 2.17. The number of benzene rings is 1. The molecule has 4 heteroatoms. The molecule has 2 aromatic rings. The fourth-order valence-corrected chi connectivity index (χ4v) is 2.50. The zero-order valence-corrected chi connectivity index (χ0v) is 11.3. The van der Waals surface area contributed by atoms with Gasteiger partial charge in [-0.1, -0.05) is 12.1 Å². The van der Waals surface area contributed by atoms with E-state index in [1.165, 1.54) is 11.3 Å². The Balaban J connectivity index is 1.70. The number of nitrogens with one attached hydrogen (secondary N) is 1. The third-order valence-electron chi connectivity index (χ3n) is 3.70. The minimum Gasteiger partial charge on any atom is -0.369 e. The van der Waals surface area contributed by atoms with Crippen molar-refractivity contribution in [2.24, 2.45) is 0 Å². The summed E-state index contributed by atoms with van der Waals surface area (Å²) in [5, 5.41) is 3.38. The van der Waals surface area contributed by atoms with Crippen molar-refractivity contribution < 1.29 is 0 Å². The van der Waals surface area contributed by atoms with Crippen LogP contribution in [0.25, 0.3) is 0 Å². The third kappa shape index (κ3) is 2.79. The molecule has 1 aromatic heterocycles. The van der Waals surface area contributed by atoms with E-state index in [1.807, 2.05) is 19.3 Å². The Morgan fingerprint density at radius 2 is 1.89 bits per heavy atom. The summed E-state index contributed by atoms with van der Waals surface area (Å²) in [5.74, 6) is 1.06. The van der Waals surface area contributed by atoms with Gasteiger partial charge < -0.3 is 14.8 Å². The van der Waals surface area contributed by atoms with Crippen molar-refractivity contribution in [2.75, 3.05) is 31.1 Å². The van der Waals surface area contributed by atoms with Gasteiger partial charge in [0.2, 0.25) is 0 Å². The van der Waals surface area contributed by atoms with Crippen molar-refractivity contribution in [1.29, 1.82) is 0 Å². The SMILES string of the molecule is Cc1nccn1Cc1ccc(N2CCNCC2)cc1. The standard InChI is InChI=1S/C15H20N4/c1-13-17-8-11-19(13)12-14-2-4-15(5-3-14)18-9-6-16-7-10-18/h2-5,8,11,16H,6-7,9-10,12H2,1H3. The second-order valence-corrected chi connectivity index (χ2v) is 5.01. The fraction of sp³-hybridized carbons (Fsp3) is 0.400. The van der Waals surface area contributed by atoms with Gasteiger partial charge in [0.25, 0.3) is 0 Å². The van der Waals surface area contributed by atoms with Crippen LogP contribution in [0.5, 0.6) is 0 Å². The Kier molecular flexibility index (Phi) is 3.51. The zero-order valence-electron chi connectivity index (χ0n) is 11.3. The highest BCUT2D eigenvalue weighted by Crippen LogP contribution is 2.16. The molecule has 2 heterocycles. The van der Waals surface area contributed by atoms with Crippen LogP contribution in [0.2, 0.25) is 0 Å². The smallest absolute Gasteiger partial charge is 0.105 e. The number of hydrogen-bond donors (Lipinski definition) is 1.